The topological polar surface area (TPSA) is 88.3 Å². The third kappa shape index (κ3) is 4.26. The molecule has 7 nitrogen and oxygen atoms in total. The van der Waals surface area contributed by atoms with Gasteiger partial charge in [0.1, 0.15) is 6.04 Å². The first-order chi connectivity index (χ1) is 14.0. The van der Waals surface area contributed by atoms with E-state index in [1.807, 2.05) is 0 Å². The number of carbonyl (C=O) groups excluding carboxylic acids is 2. The fraction of sp³-hybridized carbons (Fsp3) is 0.200. The van der Waals surface area contributed by atoms with E-state index in [9.17, 15) is 9.59 Å². The van der Waals surface area contributed by atoms with Crippen molar-refractivity contribution in [3.8, 4) is 11.3 Å². The van der Waals surface area contributed by atoms with Crippen molar-refractivity contribution >= 4 is 40.7 Å². The fourth-order valence-corrected chi connectivity index (χ4v) is 3.84. The Labute approximate surface area is 176 Å². The van der Waals surface area contributed by atoms with Gasteiger partial charge in [0.25, 0.3) is 5.91 Å². The Bertz CT molecular complexity index is 1030. The summed E-state index contributed by atoms with van der Waals surface area (Å²) in [5, 5.41) is 7.50. The maximum absolute atomic E-state index is 12.9. The van der Waals surface area contributed by atoms with Crippen LogP contribution in [0.3, 0.4) is 0 Å². The summed E-state index contributed by atoms with van der Waals surface area (Å²) in [5.74, 6) is -0.188. The average Bonchev–Trinajstić information content (AvgIpc) is 3.37. The molecule has 1 unspecified atom stereocenters. The minimum absolute atomic E-state index is 0.155. The zero-order valence-corrected chi connectivity index (χ0v) is 16.7. The quantitative estimate of drug-likeness (QED) is 0.666. The van der Waals surface area contributed by atoms with Crippen LogP contribution < -0.4 is 5.32 Å². The summed E-state index contributed by atoms with van der Waals surface area (Å²) in [7, 11) is 0. The van der Waals surface area contributed by atoms with Crippen molar-refractivity contribution in [3.63, 3.8) is 0 Å². The van der Waals surface area contributed by atoms with Gasteiger partial charge < -0.3 is 14.7 Å². The number of anilines is 1. The highest BCUT2D eigenvalue weighted by Crippen LogP contribution is 2.26. The lowest BCUT2D eigenvalue weighted by Crippen LogP contribution is -2.43. The Morgan fingerprint density at radius 3 is 2.55 bits per heavy atom. The van der Waals surface area contributed by atoms with Crippen molar-refractivity contribution in [2.24, 2.45) is 0 Å². The maximum Gasteiger partial charge on any atom is 0.276 e. The molecule has 1 aromatic carbocycles. The first-order valence-corrected chi connectivity index (χ1v) is 9.72. The standard InChI is InChI=1S/C20H16Cl2N4O3/c21-13-8-14(22)10-15(9-13)24-19(27)17-2-1-7-26(17)20(28)16-11-18(29-25-16)12-3-5-23-6-4-12/h3-6,8-11,17H,1-2,7H2,(H,24,27). The molecule has 0 bridgehead atoms. The van der Waals surface area contributed by atoms with Crippen LogP contribution in [0.5, 0.6) is 0 Å². The number of hydrogen-bond donors (Lipinski definition) is 1. The molecular formula is C20H16Cl2N4O3. The Kier molecular flexibility index (Phi) is 5.51. The van der Waals surface area contributed by atoms with E-state index in [-0.39, 0.29) is 17.5 Å². The number of carbonyl (C=O) groups is 2. The molecule has 2 amide bonds. The van der Waals surface area contributed by atoms with Crippen LogP contribution in [-0.2, 0) is 4.79 Å². The number of likely N-dealkylation sites (tertiary alicyclic amines) is 1. The van der Waals surface area contributed by atoms with Gasteiger partial charge in [-0.3, -0.25) is 14.6 Å². The molecular weight excluding hydrogens is 415 g/mol. The number of benzene rings is 1. The van der Waals surface area contributed by atoms with Gasteiger partial charge in [0.15, 0.2) is 11.5 Å². The monoisotopic (exact) mass is 430 g/mol. The zero-order chi connectivity index (χ0) is 20.4. The second-order valence-electron chi connectivity index (χ2n) is 6.62. The van der Waals surface area contributed by atoms with Crippen LogP contribution in [0.2, 0.25) is 10.0 Å². The number of halogens is 2. The molecule has 9 heteroatoms. The Morgan fingerprint density at radius 2 is 1.83 bits per heavy atom. The van der Waals surface area contributed by atoms with Crippen LogP contribution in [0.15, 0.2) is 53.3 Å². The molecule has 29 heavy (non-hydrogen) atoms. The molecule has 1 atom stereocenters. The molecule has 1 saturated heterocycles. The third-order valence-corrected chi connectivity index (χ3v) is 5.08. The van der Waals surface area contributed by atoms with Crippen molar-refractivity contribution in [2.75, 3.05) is 11.9 Å². The minimum Gasteiger partial charge on any atom is -0.355 e. The summed E-state index contributed by atoms with van der Waals surface area (Å²) in [6.45, 7) is 0.463. The van der Waals surface area contributed by atoms with Crippen LogP contribution in [-0.4, -0.2) is 39.4 Å². The molecule has 3 aromatic rings. The molecule has 0 spiro atoms. The van der Waals surface area contributed by atoms with Gasteiger partial charge in [0.2, 0.25) is 5.91 Å². The number of rotatable bonds is 4. The van der Waals surface area contributed by atoms with Crippen molar-refractivity contribution in [1.29, 1.82) is 0 Å². The van der Waals surface area contributed by atoms with Gasteiger partial charge in [-0.15, -0.1) is 0 Å². The summed E-state index contributed by atoms with van der Waals surface area (Å²) in [4.78, 5) is 31.2. The minimum atomic E-state index is -0.610. The first kappa shape index (κ1) is 19.4. The van der Waals surface area contributed by atoms with E-state index >= 15 is 0 Å². The fourth-order valence-electron chi connectivity index (χ4n) is 3.31. The lowest BCUT2D eigenvalue weighted by atomic mass is 10.1. The molecule has 3 heterocycles. The smallest absolute Gasteiger partial charge is 0.276 e. The molecule has 1 aliphatic rings. The van der Waals surface area contributed by atoms with Crippen molar-refractivity contribution in [3.05, 3.63) is 64.5 Å². The van der Waals surface area contributed by atoms with E-state index in [0.29, 0.717) is 34.5 Å². The number of hydrogen-bond acceptors (Lipinski definition) is 5. The van der Waals surface area contributed by atoms with Crippen LogP contribution in [0.25, 0.3) is 11.3 Å². The predicted molar refractivity (Wildman–Crippen MR) is 109 cm³/mol. The summed E-state index contributed by atoms with van der Waals surface area (Å²) in [5.41, 5.74) is 1.40. The largest absolute Gasteiger partial charge is 0.355 e. The summed E-state index contributed by atoms with van der Waals surface area (Å²) >= 11 is 12.0. The Hall–Kier alpha value is -2.90. The lowest BCUT2D eigenvalue weighted by Gasteiger charge is -2.23. The van der Waals surface area contributed by atoms with Crippen LogP contribution >= 0.6 is 23.2 Å². The van der Waals surface area contributed by atoms with Crippen molar-refractivity contribution in [1.82, 2.24) is 15.0 Å². The van der Waals surface area contributed by atoms with Crippen LogP contribution in [0, 0.1) is 0 Å². The predicted octanol–water partition coefficient (Wildman–Crippen LogP) is 4.29. The van der Waals surface area contributed by atoms with E-state index in [4.69, 9.17) is 27.7 Å². The molecule has 1 aliphatic heterocycles. The van der Waals surface area contributed by atoms with Gasteiger partial charge >= 0.3 is 0 Å². The number of aromatic nitrogens is 2. The molecule has 4 rings (SSSR count). The number of amides is 2. The van der Waals surface area contributed by atoms with Gasteiger partial charge in [0, 0.05) is 46.3 Å². The van der Waals surface area contributed by atoms with Gasteiger partial charge in [-0.05, 0) is 43.2 Å². The van der Waals surface area contributed by atoms with E-state index in [0.717, 1.165) is 12.0 Å². The highest BCUT2D eigenvalue weighted by Gasteiger charge is 2.36. The van der Waals surface area contributed by atoms with Crippen LogP contribution in [0.1, 0.15) is 23.3 Å². The number of nitrogens with zero attached hydrogens (tertiary/aromatic N) is 3. The average molecular weight is 431 g/mol. The summed E-state index contributed by atoms with van der Waals surface area (Å²) in [6, 6.07) is 9.27. The third-order valence-electron chi connectivity index (χ3n) is 4.64. The number of nitrogens with one attached hydrogen (secondary N) is 1. The maximum atomic E-state index is 12.9. The molecule has 0 saturated carbocycles. The molecule has 0 radical (unpaired) electrons. The highest BCUT2D eigenvalue weighted by atomic mass is 35.5. The van der Waals surface area contributed by atoms with Crippen molar-refractivity contribution in [2.45, 2.75) is 18.9 Å². The summed E-state index contributed by atoms with van der Waals surface area (Å²) < 4.78 is 5.29. The molecule has 2 aromatic heterocycles. The molecule has 0 aliphatic carbocycles. The van der Waals surface area contributed by atoms with Gasteiger partial charge in [-0.1, -0.05) is 28.4 Å². The zero-order valence-electron chi connectivity index (χ0n) is 15.1. The Morgan fingerprint density at radius 1 is 1.10 bits per heavy atom. The van der Waals surface area contributed by atoms with Gasteiger partial charge in [0.05, 0.1) is 0 Å². The van der Waals surface area contributed by atoms with E-state index in [1.54, 1.807) is 48.8 Å². The van der Waals surface area contributed by atoms with Gasteiger partial charge in [-0.2, -0.15) is 0 Å². The van der Waals surface area contributed by atoms with Crippen molar-refractivity contribution < 1.29 is 14.1 Å². The van der Waals surface area contributed by atoms with E-state index < -0.39 is 6.04 Å². The van der Waals surface area contributed by atoms with Crippen LogP contribution in [0.4, 0.5) is 5.69 Å². The van der Waals surface area contributed by atoms with E-state index in [1.165, 1.54) is 4.90 Å². The van der Waals surface area contributed by atoms with E-state index in [2.05, 4.69) is 15.5 Å². The highest BCUT2D eigenvalue weighted by molar-refractivity contribution is 6.35. The SMILES string of the molecule is O=C(Nc1cc(Cl)cc(Cl)c1)C1CCCN1C(=O)c1cc(-c2ccncc2)on1. The second-order valence-corrected chi connectivity index (χ2v) is 7.49. The molecule has 1 N–H and O–H groups in total. The lowest BCUT2D eigenvalue weighted by molar-refractivity contribution is -0.119. The molecule has 148 valence electrons. The first-order valence-electron chi connectivity index (χ1n) is 8.96. The second kappa shape index (κ2) is 8.23. The Balaban J connectivity index is 1.50. The van der Waals surface area contributed by atoms with Gasteiger partial charge in [-0.25, -0.2) is 0 Å². The normalized spacial score (nSPS) is 16.1. The summed E-state index contributed by atoms with van der Waals surface area (Å²) in [6.07, 6.45) is 4.53. The molecule has 1 fully saturated rings. The number of pyridine rings is 1.